The quantitative estimate of drug-likeness (QED) is 0.282. The minimum Gasteiger partial charge on any atom is -0.497 e. The molecule has 1 aliphatic rings. The molecule has 3 aromatic rings. The third-order valence-electron chi connectivity index (χ3n) is 6.67. The van der Waals surface area contributed by atoms with Crippen molar-refractivity contribution >= 4 is 23.6 Å². The van der Waals surface area contributed by atoms with Gasteiger partial charge in [-0.2, -0.15) is 0 Å². The third-order valence-corrected chi connectivity index (χ3v) is 7.72. The molecule has 1 fully saturated rings. The predicted molar refractivity (Wildman–Crippen MR) is 148 cm³/mol. The number of rotatable bonds is 10. The van der Waals surface area contributed by atoms with Gasteiger partial charge in [0, 0.05) is 61.6 Å². The zero-order valence-corrected chi connectivity index (χ0v) is 23.2. The molecule has 10 heteroatoms. The van der Waals surface area contributed by atoms with Crippen molar-refractivity contribution in [3.05, 3.63) is 54.1 Å². The van der Waals surface area contributed by atoms with E-state index in [1.54, 1.807) is 44.2 Å². The lowest BCUT2D eigenvalue weighted by Crippen LogP contribution is -2.55. The largest absolute Gasteiger partial charge is 0.497 e. The van der Waals surface area contributed by atoms with Crippen LogP contribution < -0.4 is 9.47 Å². The molecule has 38 heavy (non-hydrogen) atoms. The molecule has 1 atom stereocenters. The minimum atomic E-state index is -0.0914. The van der Waals surface area contributed by atoms with Crippen molar-refractivity contribution in [1.29, 1.82) is 0 Å². The Morgan fingerprint density at radius 2 is 1.74 bits per heavy atom. The molecule has 9 nitrogen and oxygen atoms in total. The SMILES string of the molecule is CCn1c(SCCCC(=O)N2CCN(C(=O)c3cc(OC)cc(OC)c3)C(C)C2)nnc1-c1ccccc1. The molecular weight excluding hydrogens is 502 g/mol. The molecule has 0 spiro atoms. The van der Waals surface area contributed by atoms with Crippen LogP contribution in [0.3, 0.4) is 0 Å². The van der Waals surface area contributed by atoms with E-state index in [0.29, 0.717) is 43.1 Å². The van der Waals surface area contributed by atoms with Crippen LogP contribution in [0.5, 0.6) is 11.5 Å². The molecule has 0 N–H and O–H groups in total. The van der Waals surface area contributed by atoms with Gasteiger partial charge in [0.1, 0.15) is 11.5 Å². The van der Waals surface area contributed by atoms with Gasteiger partial charge < -0.3 is 23.8 Å². The zero-order valence-electron chi connectivity index (χ0n) is 22.4. The number of methoxy groups -OCH3 is 2. The highest BCUT2D eigenvalue weighted by Gasteiger charge is 2.30. The molecule has 2 aromatic carbocycles. The van der Waals surface area contributed by atoms with Crippen molar-refractivity contribution in [1.82, 2.24) is 24.6 Å². The fourth-order valence-electron chi connectivity index (χ4n) is 4.61. The number of amides is 2. The number of benzene rings is 2. The maximum Gasteiger partial charge on any atom is 0.254 e. The minimum absolute atomic E-state index is 0.0897. The number of aromatic nitrogens is 3. The fourth-order valence-corrected chi connectivity index (χ4v) is 5.55. The number of carbonyl (C=O) groups is 2. The van der Waals surface area contributed by atoms with Gasteiger partial charge in [0.25, 0.3) is 5.91 Å². The highest BCUT2D eigenvalue weighted by molar-refractivity contribution is 7.99. The van der Waals surface area contributed by atoms with Crippen molar-refractivity contribution in [3.8, 4) is 22.9 Å². The number of piperazine rings is 1. The predicted octanol–water partition coefficient (Wildman–Crippen LogP) is 4.23. The lowest BCUT2D eigenvalue weighted by molar-refractivity contribution is -0.133. The molecule has 0 aliphatic carbocycles. The number of hydrogen-bond donors (Lipinski definition) is 0. The van der Waals surface area contributed by atoms with E-state index < -0.39 is 0 Å². The summed E-state index contributed by atoms with van der Waals surface area (Å²) in [6.07, 6.45) is 1.21. The average Bonchev–Trinajstić information content (AvgIpc) is 3.37. The first-order chi connectivity index (χ1) is 18.4. The van der Waals surface area contributed by atoms with E-state index in [1.165, 1.54) is 0 Å². The molecule has 4 rings (SSSR count). The summed E-state index contributed by atoms with van der Waals surface area (Å²) < 4.78 is 12.7. The smallest absolute Gasteiger partial charge is 0.254 e. The number of carbonyl (C=O) groups excluding carboxylic acids is 2. The summed E-state index contributed by atoms with van der Waals surface area (Å²) in [6, 6.07) is 15.1. The molecule has 202 valence electrons. The second-order valence-corrected chi connectivity index (χ2v) is 10.2. The summed E-state index contributed by atoms with van der Waals surface area (Å²) in [7, 11) is 3.12. The number of ether oxygens (including phenoxy) is 2. The van der Waals surface area contributed by atoms with Gasteiger partial charge in [-0.3, -0.25) is 9.59 Å². The molecule has 0 radical (unpaired) electrons. The van der Waals surface area contributed by atoms with E-state index in [9.17, 15) is 9.59 Å². The van der Waals surface area contributed by atoms with Crippen molar-refractivity contribution in [2.24, 2.45) is 0 Å². The van der Waals surface area contributed by atoms with E-state index in [-0.39, 0.29) is 17.9 Å². The topological polar surface area (TPSA) is 89.8 Å². The van der Waals surface area contributed by atoms with Crippen molar-refractivity contribution < 1.29 is 19.1 Å². The molecule has 2 amide bonds. The van der Waals surface area contributed by atoms with E-state index >= 15 is 0 Å². The van der Waals surface area contributed by atoms with Crippen LogP contribution in [0.4, 0.5) is 0 Å². The molecule has 1 aliphatic heterocycles. The first kappa shape index (κ1) is 27.5. The molecular formula is C28H35N5O4S. The lowest BCUT2D eigenvalue weighted by Gasteiger charge is -2.40. The van der Waals surface area contributed by atoms with Crippen LogP contribution in [0.25, 0.3) is 11.4 Å². The standard InChI is InChI=1S/C28H35N5O4S/c1-5-32-26(21-10-7-6-8-11-21)29-30-28(32)38-15-9-12-25(34)31-13-14-33(20(2)19-31)27(35)22-16-23(36-3)18-24(17-22)37-4/h6-8,10-11,16-18,20H,5,9,12-15,19H2,1-4H3. The van der Waals surface area contributed by atoms with Crippen molar-refractivity contribution in [3.63, 3.8) is 0 Å². The van der Waals surface area contributed by atoms with Gasteiger partial charge in [-0.1, -0.05) is 42.1 Å². The van der Waals surface area contributed by atoms with E-state index in [0.717, 1.165) is 35.3 Å². The summed E-state index contributed by atoms with van der Waals surface area (Å²) >= 11 is 1.63. The van der Waals surface area contributed by atoms with Crippen molar-refractivity contribution in [2.75, 3.05) is 39.6 Å². The molecule has 0 saturated carbocycles. The van der Waals surface area contributed by atoms with Gasteiger partial charge in [0.15, 0.2) is 11.0 Å². The fraction of sp³-hybridized carbons (Fsp3) is 0.429. The maximum absolute atomic E-state index is 13.2. The molecule has 1 saturated heterocycles. The highest BCUT2D eigenvalue weighted by atomic mass is 32.2. The maximum atomic E-state index is 13.2. The Morgan fingerprint density at radius 3 is 2.37 bits per heavy atom. The number of thioether (sulfide) groups is 1. The van der Waals surface area contributed by atoms with E-state index in [2.05, 4.69) is 21.7 Å². The number of nitrogens with zero attached hydrogens (tertiary/aromatic N) is 5. The Hall–Kier alpha value is -3.53. The summed E-state index contributed by atoms with van der Waals surface area (Å²) in [5.74, 6) is 2.81. The third kappa shape index (κ3) is 6.30. The molecule has 1 aromatic heterocycles. The van der Waals surface area contributed by atoms with Gasteiger partial charge >= 0.3 is 0 Å². The zero-order chi connectivity index (χ0) is 27.1. The van der Waals surface area contributed by atoms with Gasteiger partial charge in [-0.15, -0.1) is 10.2 Å². The Kier molecular flexibility index (Phi) is 9.28. The van der Waals surface area contributed by atoms with Gasteiger partial charge in [-0.25, -0.2) is 0 Å². The second kappa shape index (κ2) is 12.8. The summed E-state index contributed by atoms with van der Waals surface area (Å²) in [5.41, 5.74) is 1.56. The first-order valence-corrected chi connectivity index (χ1v) is 13.9. The Bertz CT molecular complexity index is 1230. The van der Waals surface area contributed by atoms with Crippen LogP contribution in [-0.2, 0) is 11.3 Å². The van der Waals surface area contributed by atoms with Crippen LogP contribution in [0.2, 0.25) is 0 Å². The normalized spacial score (nSPS) is 15.4. The monoisotopic (exact) mass is 537 g/mol. The van der Waals surface area contributed by atoms with Gasteiger partial charge in [-0.05, 0) is 32.4 Å². The Morgan fingerprint density at radius 1 is 1.03 bits per heavy atom. The van der Waals surface area contributed by atoms with Crippen LogP contribution in [0, 0.1) is 0 Å². The first-order valence-electron chi connectivity index (χ1n) is 12.9. The molecule has 1 unspecified atom stereocenters. The van der Waals surface area contributed by atoms with Crippen molar-refractivity contribution in [2.45, 2.75) is 44.4 Å². The summed E-state index contributed by atoms with van der Waals surface area (Å²) in [6.45, 7) is 6.37. The second-order valence-electron chi connectivity index (χ2n) is 9.16. The summed E-state index contributed by atoms with van der Waals surface area (Å²) in [5, 5.41) is 9.63. The molecule has 2 heterocycles. The highest BCUT2D eigenvalue weighted by Crippen LogP contribution is 2.26. The van der Waals surface area contributed by atoms with Gasteiger partial charge in [0.05, 0.1) is 14.2 Å². The van der Waals surface area contributed by atoms with Crippen LogP contribution in [0.15, 0.2) is 53.7 Å². The average molecular weight is 538 g/mol. The summed E-state index contributed by atoms with van der Waals surface area (Å²) in [4.78, 5) is 29.8. The van der Waals surface area contributed by atoms with Crippen LogP contribution in [-0.4, -0.2) is 82.0 Å². The van der Waals surface area contributed by atoms with E-state index in [4.69, 9.17) is 9.47 Å². The lowest BCUT2D eigenvalue weighted by atomic mass is 10.1. The molecule has 0 bridgehead atoms. The Balaban J connectivity index is 1.27. The van der Waals surface area contributed by atoms with E-state index in [1.807, 2.05) is 47.1 Å². The van der Waals surface area contributed by atoms with Crippen LogP contribution >= 0.6 is 11.8 Å². The van der Waals surface area contributed by atoms with Gasteiger partial charge in [0.2, 0.25) is 5.91 Å². The number of hydrogen-bond acceptors (Lipinski definition) is 7. The van der Waals surface area contributed by atoms with Crippen LogP contribution in [0.1, 0.15) is 37.0 Å². The Labute approximate surface area is 228 Å².